The number of aliphatic hydroxyl groups excluding tert-OH is 1. The fourth-order valence-corrected chi connectivity index (χ4v) is 1.78. The van der Waals surface area contributed by atoms with E-state index in [1.807, 2.05) is 0 Å². The molecule has 1 aliphatic heterocycles. The molecular formula is C8H15NO2. The van der Waals surface area contributed by atoms with Gasteiger partial charge < -0.3 is 9.84 Å². The van der Waals surface area contributed by atoms with Gasteiger partial charge in [-0.15, -0.1) is 0 Å². The molecule has 0 spiro atoms. The third kappa shape index (κ3) is 1.55. The molecule has 0 aromatic rings. The second kappa shape index (κ2) is 3.09. The zero-order valence-electron chi connectivity index (χ0n) is 6.70. The third-order valence-electron chi connectivity index (χ3n) is 2.63. The Kier molecular flexibility index (Phi) is 2.11. The Bertz CT molecular complexity index is 134. The van der Waals surface area contributed by atoms with Crippen LogP contribution in [0, 0.1) is 5.92 Å². The molecule has 2 aliphatic rings. The standard InChI is InChI=1S/C8H15NO2/c10-6-7-5-8(7)9-1-3-11-4-2-9/h7-8,10H,1-6H2. The monoisotopic (exact) mass is 157 g/mol. The van der Waals surface area contributed by atoms with Gasteiger partial charge in [-0.2, -0.15) is 0 Å². The molecule has 11 heavy (non-hydrogen) atoms. The lowest BCUT2D eigenvalue weighted by molar-refractivity contribution is 0.0300. The summed E-state index contributed by atoms with van der Waals surface area (Å²) < 4.78 is 5.24. The summed E-state index contributed by atoms with van der Waals surface area (Å²) in [6.07, 6.45) is 1.19. The summed E-state index contributed by atoms with van der Waals surface area (Å²) in [6.45, 7) is 4.22. The van der Waals surface area contributed by atoms with Crippen LogP contribution >= 0.6 is 0 Å². The Morgan fingerprint density at radius 2 is 2.09 bits per heavy atom. The van der Waals surface area contributed by atoms with Gasteiger partial charge in [0.1, 0.15) is 0 Å². The molecule has 0 radical (unpaired) electrons. The molecule has 1 saturated heterocycles. The van der Waals surface area contributed by atoms with Gasteiger partial charge in [0.05, 0.1) is 13.2 Å². The van der Waals surface area contributed by atoms with Crippen molar-refractivity contribution in [2.75, 3.05) is 32.9 Å². The minimum atomic E-state index is 0.363. The van der Waals surface area contributed by atoms with E-state index < -0.39 is 0 Å². The van der Waals surface area contributed by atoms with Crippen molar-refractivity contribution in [1.29, 1.82) is 0 Å². The molecule has 0 amide bonds. The van der Waals surface area contributed by atoms with Crippen molar-refractivity contribution in [3.05, 3.63) is 0 Å². The molecule has 2 unspecified atom stereocenters. The number of aliphatic hydroxyl groups is 1. The predicted molar refractivity (Wildman–Crippen MR) is 41.4 cm³/mol. The maximum Gasteiger partial charge on any atom is 0.0594 e. The molecule has 64 valence electrons. The average molecular weight is 157 g/mol. The molecular weight excluding hydrogens is 142 g/mol. The van der Waals surface area contributed by atoms with Gasteiger partial charge in [-0.1, -0.05) is 0 Å². The molecule has 2 atom stereocenters. The highest BCUT2D eigenvalue weighted by Crippen LogP contribution is 2.35. The highest BCUT2D eigenvalue weighted by atomic mass is 16.5. The quantitative estimate of drug-likeness (QED) is 0.597. The molecule has 1 heterocycles. The first kappa shape index (κ1) is 7.53. The van der Waals surface area contributed by atoms with E-state index in [0.29, 0.717) is 18.6 Å². The number of rotatable bonds is 2. The van der Waals surface area contributed by atoms with E-state index in [4.69, 9.17) is 9.84 Å². The maximum atomic E-state index is 8.85. The Morgan fingerprint density at radius 3 is 2.64 bits per heavy atom. The van der Waals surface area contributed by atoms with E-state index in [9.17, 15) is 0 Å². The zero-order chi connectivity index (χ0) is 7.68. The first-order valence-corrected chi connectivity index (χ1v) is 4.34. The van der Waals surface area contributed by atoms with Crippen molar-refractivity contribution in [1.82, 2.24) is 4.90 Å². The van der Waals surface area contributed by atoms with Crippen LogP contribution in [0.4, 0.5) is 0 Å². The van der Waals surface area contributed by atoms with Gasteiger partial charge in [0, 0.05) is 25.7 Å². The summed E-state index contributed by atoms with van der Waals surface area (Å²) in [7, 11) is 0. The van der Waals surface area contributed by atoms with Crippen LogP contribution in [0.2, 0.25) is 0 Å². The molecule has 1 aliphatic carbocycles. The zero-order valence-corrected chi connectivity index (χ0v) is 6.70. The molecule has 0 aromatic carbocycles. The van der Waals surface area contributed by atoms with E-state index >= 15 is 0 Å². The summed E-state index contributed by atoms with van der Waals surface area (Å²) >= 11 is 0. The second-order valence-corrected chi connectivity index (χ2v) is 3.39. The molecule has 2 rings (SSSR count). The highest BCUT2D eigenvalue weighted by molar-refractivity contribution is 4.94. The summed E-state index contributed by atoms with van der Waals surface area (Å²) in [5.41, 5.74) is 0. The SMILES string of the molecule is OCC1CC1N1CCOCC1. The average Bonchev–Trinajstić information content (AvgIpc) is 2.85. The van der Waals surface area contributed by atoms with Gasteiger partial charge in [0.25, 0.3) is 0 Å². The van der Waals surface area contributed by atoms with Crippen LogP contribution in [-0.2, 0) is 4.74 Å². The lowest BCUT2D eigenvalue weighted by Crippen LogP contribution is -2.38. The van der Waals surface area contributed by atoms with Crippen LogP contribution in [0.3, 0.4) is 0 Å². The summed E-state index contributed by atoms with van der Waals surface area (Å²) in [4.78, 5) is 2.43. The molecule has 3 heteroatoms. The molecule has 2 fully saturated rings. The van der Waals surface area contributed by atoms with Crippen LogP contribution in [0.15, 0.2) is 0 Å². The van der Waals surface area contributed by atoms with Gasteiger partial charge in [-0.25, -0.2) is 0 Å². The number of hydrogen-bond acceptors (Lipinski definition) is 3. The lowest BCUT2D eigenvalue weighted by atomic mass is 10.3. The van der Waals surface area contributed by atoms with Crippen molar-refractivity contribution >= 4 is 0 Å². The highest BCUT2D eigenvalue weighted by Gasteiger charge is 2.41. The van der Waals surface area contributed by atoms with E-state index in [0.717, 1.165) is 26.3 Å². The smallest absolute Gasteiger partial charge is 0.0594 e. The third-order valence-corrected chi connectivity index (χ3v) is 2.63. The number of hydrogen-bond donors (Lipinski definition) is 1. The number of nitrogens with zero attached hydrogens (tertiary/aromatic N) is 1. The molecule has 3 nitrogen and oxygen atoms in total. The molecule has 0 aromatic heterocycles. The topological polar surface area (TPSA) is 32.7 Å². The Labute approximate surface area is 66.9 Å². The van der Waals surface area contributed by atoms with E-state index in [-0.39, 0.29) is 0 Å². The fraction of sp³-hybridized carbons (Fsp3) is 1.00. The van der Waals surface area contributed by atoms with Gasteiger partial charge in [-0.3, -0.25) is 4.90 Å². The summed E-state index contributed by atoms with van der Waals surface area (Å²) in [5.74, 6) is 0.563. The van der Waals surface area contributed by atoms with Crippen LogP contribution in [0.25, 0.3) is 0 Å². The van der Waals surface area contributed by atoms with Gasteiger partial charge in [0.15, 0.2) is 0 Å². The molecule has 1 N–H and O–H groups in total. The van der Waals surface area contributed by atoms with Crippen molar-refractivity contribution < 1.29 is 9.84 Å². The summed E-state index contributed by atoms with van der Waals surface area (Å²) in [6, 6.07) is 0.670. The van der Waals surface area contributed by atoms with Crippen LogP contribution in [0.5, 0.6) is 0 Å². The van der Waals surface area contributed by atoms with Crippen LogP contribution in [0.1, 0.15) is 6.42 Å². The van der Waals surface area contributed by atoms with Crippen molar-refractivity contribution in [2.45, 2.75) is 12.5 Å². The number of ether oxygens (including phenoxy) is 1. The van der Waals surface area contributed by atoms with E-state index in [1.165, 1.54) is 6.42 Å². The maximum absolute atomic E-state index is 8.85. The van der Waals surface area contributed by atoms with Crippen molar-refractivity contribution in [3.63, 3.8) is 0 Å². The van der Waals surface area contributed by atoms with Gasteiger partial charge in [0.2, 0.25) is 0 Å². The van der Waals surface area contributed by atoms with Crippen LogP contribution in [-0.4, -0.2) is 49.0 Å². The summed E-state index contributed by atoms with van der Waals surface area (Å²) in [5, 5.41) is 8.85. The van der Waals surface area contributed by atoms with Gasteiger partial charge >= 0.3 is 0 Å². The minimum Gasteiger partial charge on any atom is -0.396 e. The second-order valence-electron chi connectivity index (χ2n) is 3.39. The first-order chi connectivity index (χ1) is 5.42. The van der Waals surface area contributed by atoms with Gasteiger partial charge in [-0.05, 0) is 12.3 Å². The molecule has 0 bridgehead atoms. The molecule has 1 saturated carbocycles. The Balaban J connectivity index is 1.77. The fourth-order valence-electron chi connectivity index (χ4n) is 1.78. The lowest BCUT2D eigenvalue weighted by Gasteiger charge is -2.26. The largest absolute Gasteiger partial charge is 0.396 e. The van der Waals surface area contributed by atoms with E-state index in [1.54, 1.807) is 0 Å². The predicted octanol–water partition coefficient (Wildman–Crippen LogP) is -0.301. The van der Waals surface area contributed by atoms with Crippen molar-refractivity contribution in [3.8, 4) is 0 Å². The Hall–Kier alpha value is -0.120. The van der Waals surface area contributed by atoms with Crippen LogP contribution < -0.4 is 0 Å². The Morgan fingerprint density at radius 1 is 1.36 bits per heavy atom. The number of morpholine rings is 1. The normalized spacial score (nSPS) is 39.0. The van der Waals surface area contributed by atoms with E-state index in [2.05, 4.69) is 4.90 Å². The minimum absolute atomic E-state index is 0.363. The first-order valence-electron chi connectivity index (χ1n) is 4.34. The van der Waals surface area contributed by atoms with Crippen molar-refractivity contribution in [2.24, 2.45) is 5.92 Å².